The lowest BCUT2D eigenvalue weighted by Crippen LogP contribution is -2.42. The molecule has 0 saturated carbocycles. The molecule has 0 saturated heterocycles. The van der Waals surface area contributed by atoms with E-state index in [2.05, 4.69) is 46.5 Å². The Kier molecular flexibility index (Phi) is 7.04. The van der Waals surface area contributed by atoms with Crippen LogP contribution in [0.4, 0.5) is 0 Å². The molecule has 0 fully saturated rings. The van der Waals surface area contributed by atoms with Crippen LogP contribution in [-0.2, 0) is 6.54 Å². The summed E-state index contributed by atoms with van der Waals surface area (Å²) in [4.78, 5) is 8.34. The first-order valence-corrected chi connectivity index (χ1v) is 7.27. The van der Waals surface area contributed by atoms with Crippen molar-refractivity contribution in [2.24, 2.45) is 10.9 Å². The summed E-state index contributed by atoms with van der Waals surface area (Å²) in [5, 5.41) is 10.4. The van der Waals surface area contributed by atoms with E-state index in [4.69, 9.17) is 4.52 Å². The fourth-order valence-corrected chi connectivity index (χ4v) is 1.91. The molecular formula is C14H27N5O. The van der Waals surface area contributed by atoms with Gasteiger partial charge in [-0.2, -0.15) is 4.98 Å². The summed E-state index contributed by atoms with van der Waals surface area (Å²) in [5.74, 6) is 2.75. The molecule has 0 aliphatic rings. The molecule has 1 heterocycles. The van der Waals surface area contributed by atoms with Crippen LogP contribution in [0, 0.1) is 12.8 Å². The van der Waals surface area contributed by atoms with Gasteiger partial charge >= 0.3 is 0 Å². The largest absolute Gasteiger partial charge is 0.354 e. The molecule has 1 atom stereocenters. The van der Waals surface area contributed by atoms with Gasteiger partial charge in [0.1, 0.15) is 0 Å². The molecule has 20 heavy (non-hydrogen) atoms. The summed E-state index contributed by atoms with van der Waals surface area (Å²) in [6.45, 7) is 8.97. The fourth-order valence-electron chi connectivity index (χ4n) is 1.91. The molecule has 1 aromatic heterocycles. The lowest BCUT2D eigenvalue weighted by Gasteiger charge is -2.17. The number of nitrogens with one attached hydrogen (secondary N) is 2. The standard InChI is InChI=1S/C14H27N5O/c1-10(2)7-6-8-11(3)17-14(15-5)16-9-13-18-12(4)20-19-13/h10-11H,6-9H2,1-5H3,(H2,15,16,17). The summed E-state index contributed by atoms with van der Waals surface area (Å²) in [7, 11) is 1.76. The smallest absolute Gasteiger partial charge is 0.223 e. The predicted octanol–water partition coefficient (Wildman–Crippen LogP) is 2.26. The second-order valence-corrected chi connectivity index (χ2v) is 5.53. The Morgan fingerprint density at radius 2 is 2.05 bits per heavy atom. The third-order valence-corrected chi connectivity index (χ3v) is 3.01. The monoisotopic (exact) mass is 281 g/mol. The molecular weight excluding hydrogens is 254 g/mol. The van der Waals surface area contributed by atoms with E-state index in [1.54, 1.807) is 14.0 Å². The van der Waals surface area contributed by atoms with Gasteiger partial charge in [-0.3, -0.25) is 4.99 Å². The Bertz CT molecular complexity index is 413. The molecule has 0 aromatic carbocycles. The third-order valence-electron chi connectivity index (χ3n) is 3.01. The molecule has 114 valence electrons. The van der Waals surface area contributed by atoms with E-state index in [1.165, 1.54) is 12.8 Å². The van der Waals surface area contributed by atoms with Crippen molar-refractivity contribution in [2.75, 3.05) is 7.05 Å². The van der Waals surface area contributed by atoms with Crippen molar-refractivity contribution in [3.05, 3.63) is 11.7 Å². The van der Waals surface area contributed by atoms with Crippen LogP contribution in [0.3, 0.4) is 0 Å². The van der Waals surface area contributed by atoms with E-state index in [1.807, 2.05) is 0 Å². The summed E-state index contributed by atoms with van der Waals surface area (Å²) in [6, 6.07) is 0.395. The molecule has 6 nitrogen and oxygen atoms in total. The molecule has 1 aromatic rings. The molecule has 0 spiro atoms. The molecule has 6 heteroatoms. The van der Waals surface area contributed by atoms with E-state index < -0.39 is 0 Å². The van der Waals surface area contributed by atoms with Crippen molar-refractivity contribution in [1.82, 2.24) is 20.8 Å². The first kappa shape index (κ1) is 16.5. The average Bonchev–Trinajstić information content (AvgIpc) is 2.79. The molecule has 0 aliphatic carbocycles. The van der Waals surface area contributed by atoms with Crippen molar-refractivity contribution in [3.8, 4) is 0 Å². The highest BCUT2D eigenvalue weighted by atomic mass is 16.5. The molecule has 2 N–H and O–H groups in total. The van der Waals surface area contributed by atoms with Gasteiger partial charge in [-0.25, -0.2) is 0 Å². The van der Waals surface area contributed by atoms with Gasteiger partial charge in [0, 0.05) is 20.0 Å². The minimum atomic E-state index is 0.395. The van der Waals surface area contributed by atoms with E-state index in [9.17, 15) is 0 Å². The van der Waals surface area contributed by atoms with Gasteiger partial charge in [-0.15, -0.1) is 0 Å². The van der Waals surface area contributed by atoms with Crippen molar-refractivity contribution >= 4 is 5.96 Å². The second-order valence-electron chi connectivity index (χ2n) is 5.53. The first-order valence-electron chi connectivity index (χ1n) is 7.27. The number of hydrogen-bond acceptors (Lipinski definition) is 4. The number of nitrogens with zero attached hydrogens (tertiary/aromatic N) is 3. The van der Waals surface area contributed by atoms with Gasteiger partial charge in [0.25, 0.3) is 0 Å². The highest BCUT2D eigenvalue weighted by molar-refractivity contribution is 5.79. The number of guanidine groups is 1. The fraction of sp³-hybridized carbons (Fsp3) is 0.786. The minimum absolute atomic E-state index is 0.395. The Morgan fingerprint density at radius 3 is 2.60 bits per heavy atom. The van der Waals surface area contributed by atoms with Gasteiger partial charge in [0.05, 0.1) is 6.54 Å². The topological polar surface area (TPSA) is 75.3 Å². The van der Waals surface area contributed by atoms with Gasteiger partial charge in [0.15, 0.2) is 11.8 Å². The zero-order chi connectivity index (χ0) is 15.0. The van der Waals surface area contributed by atoms with E-state index in [0.29, 0.717) is 24.3 Å². The summed E-state index contributed by atoms with van der Waals surface area (Å²) in [5.41, 5.74) is 0. The SMILES string of the molecule is CN=C(NCc1noc(C)n1)NC(C)CCCC(C)C. The van der Waals surface area contributed by atoms with Crippen LogP contribution in [0.1, 0.15) is 51.7 Å². The van der Waals surface area contributed by atoms with E-state index in [-0.39, 0.29) is 0 Å². The first-order chi connectivity index (χ1) is 9.51. The van der Waals surface area contributed by atoms with Crippen molar-refractivity contribution in [3.63, 3.8) is 0 Å². The number of aliphatic imine (C=N–C) groups is 1. The average molecular weight is 281 g/mol. The Morgan fingerprint density at radius 1 is 1.30 bits per heavy atom. The Labute approximate surface area is 121 Å². The zero-order valence-electron chi connectivity index (χ0n) is 13.2. The Balaban J connectivity index is 2.28. The maximum atomic E-state index is 4.93. The van der Waals surface area contributed by atoms with Crippen LogP contribution in [-0.4, -0.2) is 29.2 Å². The highest BCUT2D eigenvalue weighted by Gasteiger charge is 2.07. The number of aryl methyl sites for hydroxylation is 1. The van der Waals surface area contributed by atoms with Crippen molar-refractivity contribution < 1.29 is 4.52 Å². The van der Waals surface area contributed by atoms with Crippen LogP contribution in [0.5, 0.6) is 0 Å². The van der Waals surface area contributed by atoms with Crippen molar-refractivity contribution in [2.45, 2.75) is 59.5 Å². The van der Waals surface area contributed by atoms with E-state index >= 15 is 0 Å². The normalized spacial score (nSPS) is 13.6. The second kappa shape index (κ2) is 8.55. The molecule has 0 radical (unpaired) electrons. The van der Waals surface area contributed by atoms with Gasteiger partial charge in [-0.1, -0.05) is 31.8 Å². The third kappa shape index (κ3) is 6.54. The van der Waals surface area contributed by atoms with Gasteiger partial charge in [0.2, 0.25) is 5.89 Å². The zero-order valence-corrected chi connectivity index (χ0v) is 13.2. The molecule has 0 amide bonds. The summed E-state index contributed by atoms with van der Waals surface area (Å²) < 4.78 is 4.93. The lowest BCUT2D eigenvalue weighted by molar-refractivity contribution is 0.386. The molecule has 0 aliphatic heterocycles. The maximum absolute atomic E-state index is 4.93. The number of aromatic nitrogens is 2. The minimum Gasteiger partial charge on any atom is -0.354 e. The van der Waals surface area contributed by atoms with Crippen LogP contribution >= 0.6 is 0 Å². The van der Waals surface area contributed by atoms with Crippen LogP contribution < -0.4 is 10.6 Å². The predicted molar refractivity (Wildman–Crippen MR) is 80.5 cm³/mol. The van der Waals surface area contributed by atoms with Crippen molar-refractivity contribution in [1.29, 1.82) is 0 Å². The van der Waals surface area contributed by atoms with Gasteiger partial charge in [-0.05, 0) is 19.3 Å². The van der Waals surface area contributed by atoms with Crippen LogP contribution in [0.25, 0.3) is 0 Å². The number of hydrogen-bond donors (Lipinski definition) is 2. The van der Waals surface area contributed by atoms with Gasteiger partial charge < -0.3 is 15.2 Å². The summed E-state index contributed by atoms with van der Waals surface area (Å²) in [6.07, 6.45) is 3.63. The lowest BCUT2D eigenvalue weighted by atomic mass is 10.0. The quantitative estimate of drug-likeness (QED) is 0.592. The summed E-state index contributed by atoms with van der Waals surface area (Å²) >= 11 is 0. The number of rotatable bonds is 7. The maximum Gasteiger partial charge on any atom is 0.223 e. The molecule has 0 bridgehead atoms. The highest BCUT2D eigenvalue weighted by Crippen LogP contribution is 2.08. The molecule has 1 rings (SSSR count). The van der Waals surface area contributed by atoms with Crippen LogP contribution in [0.2, 0.25) is 0 Å². The Hall–Kier alpha value is -1.59. The van der Waals surface area contributed by atoms with Crippen LogP contribution in [0.15, 0.2) is 9.52 Å². The van der Waals surface area contributed by atoms with E-state index in [0.717, 1.165) is 18.3 Å². The molecule has 1 unspecified atom stereocenters.